The molecular weight excluding hydrogens is 256 g/mol. The van der Waals surface area contributed by atoms with E-state index in [1.54, 1.807) is 18.2 Å². The van der Waals surface area contributed by atoms with Crippen LogP contribution in [-0.4, -0.2) is 27.8 Å². The normalized spacial score (nSPS) is 10.3. The van der Waals surface area contributed by atoms with E-state index in [2.05, 4.69) is 14.8 Å². The minimum atomic E-state index is -0.576. The molecule has 18 heavy (non-hydrogen) atoms. The number of hydrogen-bond acceptors (Lipinski definition) is 5. The summed E-state index contributed by atoms with van der Waals surface area (Å²) in [7, 11) is 1.28. The van der Waals surface area contributed by atoms with Crippen LogP contribution in [0.4, 0.5) is 5.69 Å². The lowest BCUT2D eigenvalue weighted by molar-refractivity contribution is 0.0586. The first-order chi connectivity index (χ1) is 8.60. The second kappa shape index (κ2) is 5.05. The minimum absolute atomic E-state index is 0.0121. The number of carbonyl (C=O) groups excluding carboxylic acids is 1. The van der Waals surface area contributed by atoms with Crippen molar-refractivity contribution in [3.8, 4) is 0 Å². The van der Waals surface area contributed by atoms with Gasteiger partial charge in [-0.15, -0.1) is 5.10 Å². The lowest BCUT2D eigenvalue weighted by Crippen LogP contribution is -2.07. The Balaban J connectivity index is 2.21. The lowest BCUT2D eigenvalue weighted by Gasteiger charge is -2.05. The summed E-state index contributed by atoms with van der Waals surface area (Å²) < 4.78 is 6.01. The molecule has 2 N–H and O–H groups in total. The van der Waals surface area contributed by atoms with Gasteiger partial charge in [0.05, 0.1) is 13.7 Å². The monoisotopic (exact) mass is 266 g/mol. The molecule has 0 bridgehead atoms. The predicted octanol–water partition coefficient (Wildman–Crippen LogP) is 1.35. The maximum absolute atomic E-state index is 11.2. The van der Waals surface area contributed by atoms with Crippen molar-refractivity contribution < 1.29 is 9.53 Å². The van der Waals surface area contributed by atoms with E-state index >= 15 is 0 Å². The van der Waals surface area contributed by atoms with Crippen LogP contribution >= 0.6 is 11.6 Å². The van der Waals surface area contributed by atoms with Crippen molar-refractivity contribution in [1.29, 1.82) is 0 Å². The van der Waals surface area contributed by atoms with E-state index in [1.807, 2.05) is 0 Å². The third-order valence-electron chi connectivity index (χ3n) is 2.34. The average Bonchev–Trinajstić information content (AvgIpc) is 2.81. The van der Waals surface area contributed by atoms with Gasteiger partial charge in [-0.3, -0.25) is 0 Å². The first-order valence-electron chi connectivity index (χ1n) is 5.12. The van der Waals surface area contributed by atoms with Crippen molar-refractivity contribution in [2.45, 2.75) is 6.54 Å². The minimum Gasteiger partial charge on any atom is -0.463 e. The molecular formula is C11H11ClN4O2. The highest BCUT2D eigenvalue weighted by Crippen LogP contribution is 2.18. The summed E-state index contributed by atoms with van der Waals surface area (Å²) in [5, 5.41) is 4.57. The summed E-state index contributed by atoms with van der Waals surface area (Å²) in [4.78, 5) is 15.0. The topological polar surface area (TPSA) is 83.0 Å². The van der Waals surface area contributed by atoms with Gasteiger partial charge in [-0.1, -0.05) is 11.6 Å². The number of carbonyl (C=O) groups is 1. The van der Waals surface area contributed by atoms with Crippen LogP contribution < -0.4 is 5.73 Å². The molecule has 6 nitrogen and oxygen atoms in total. The summed E-state index contributed by atoms with van der Waals surface area (Å²) in [6, 6.07) is 5.17. The van der Waals surface area contributed by atoms with Crippen molar-refractivity contribution >= 4 is 23.3 Å². The molecule has 0 unspecified atom stereocenters. The number of methoxy groups -OCH3 is 1. The molecule has 0 aliphatic heterocycles. The number of rotatable bonds is 3. The second-order valence-corrected chi connectivity index (χ2v) is 4.04. The molecule has 0 atom stereocenters. The molecule has 0 amide bonds. The third-order valence-corrected chi connectivity index (χ3v) is 2.58. The van der Waals surface area contributed by atoms with Crippen molar-refractivity contribution in [3.05, 3.63) is 40.9 Å². The van der Waals surface area contributed by atoms with Crippen molar-refractivity contribution in [2.75, 3.05) is 12.8 Å². The molecule has 0 saturated heterocycles. The SMILES string of the molecule is COC(=O)c1ncn(Cc2cc(Cl)ccc2N)n1. The molecule has 7 heteroatoms. The molecule has 1 heterocycles. The molecule has 0 spiro atoms. The van der Waals surface area contributed by atoms with Crippen molar-refractivity contribution in [2.24, 2.45) is 0 Å². The van der Waals surface area contributed by atoms with Gasteiger partial charge < -0.3 is 10.5 Å². The highest BCUT2D eigenvalue weighted by molar-refractivity contribution is 6.30. The van der Waals surface area contributed by atoms with Gasteiger partial charge >= 0.3 is 5.97 Å². The molecule has 0 saturated carbocycles. The van der Waals surface area contributed by atoms with E-state index in [1.165, 1.54) is 18.1 Å². The average molecular weight is 267 g/mol. The van der Waals surface area contributed by atoms with Gasteiger partial charge in [0, 0.05) is 10.7 Å². The number of hydrogen-bond donors (Lipinski definition) is 1. The third kappa shape index (κ3) is 2.60. The number of ether oxygens (including phenoxy) is 1. The molecule has 1 aromatic heterocycles. The Labute approximate surface area is 108 Å². The van der Waals surface area contributed by atoms with E-state index in [-0.39, 0.29) is 5.82 Å². The zero-order valence-corrected chi connectivity index (χ0v) is 10.4. The van der Waals surface area contributed by atoms with E-state index in [4.69, 9.17) is 17.3 Å². The Morgan fingerprint density at radius 3 is 3.06 bits per heavy atom. The van der Waals surface area contributed by atoms with Gasteiger partial charge in [0.1, 0.15) is 6.33 Å². The maximum atomic E-state index is 11.2. The Bertz CT molecular complexity index is 582. The van der Waals surface area contributed by atoms with Crippen molar-refractivity contribution in [1.82, 2.24) is 14.8 Å². The van der Waals surface area contributed by atoms with Crippen LogP contribution in [0.2, 0.25) is 5.02 Å². The largest absolute Gasteiger partial charge is 0.463 e. The van der Waals surface area contributed by atoms with Crippen molar-refractivity contribution in [3.63, 3.8) is 0 Å². The number of nitrogens with zero attached hydrogens (tertiary/aromatic N) is 3. The molecule has 2 aromatic rings. The van der Waals surface area contributed by atoms with Gasteiger partial charge in [-0.2, -0.15) is 0 Å². The fourth-order valence-corrected chi connectivity index (χ4v) is 1.64. The summed E-state index contributed by atoms with van der Waals surface area (Å²) in [5.41, 5.74) is 7.23. The highest BCUT2D eigenvalue weighted by Gasteiger charge is 2.11. The van der Waals surface area contributed by atoms with E-state index in [0.717, 1.165) is 5.56 Å². The van der Waals surface area contributed by atoms with Gasteiger partial charge in [-0.05, 0) is 23.8 Å². The second-order valence-electron chi connectivity index (χ2n) is 3.60. The molecule has 1 aromatic carbocycles. The van der Waals surface area contributed by atoms with Crippen LogP contribution in [0, 0.1) is 0 Å². The summed E-state index contributed by atoms with van der Waals surface area (Å²) in [6.45, 7) is 0.385. The van der Waals surface area contributed by atoms with Gasteiger partial charge in [-0.25, -0.2) is 14.5 Å². The van der Waals surface area contributed by atoms with Crippen LogP contribution in [0.1, 0.15) is 16.2 Å². The summed E-state index contributed by atoms with van der Waals surface area (Å²) >= 11 is 5.89. The number of nitrogen functional groups attached to an aromatic ring is 1. The number of benzene rings is 1. The molecule has 0 aliphatic rings. The first kappa shape index (κ1) is 12.4. The fourth-order valence-electron chi connectivity index (χ4n) is 1.44. The Kier molecular flexibility index (Phi) is 3.47. The molecule has 0 radical (unpaired) electrons. The van der Waals surface area contributed by atoms with E-state index in [0.29, 0.717) is 17.3 Å². The fraction of sp³-hybridized carbons (Fsp3) is 0.182. The zero-order chi connectivity index (χ0) is 13.1. The van der Waals surface area contributed by atoms with E-state index < -0.39 is 5.97 Å². The van der Waals surface area contributed by atoms with Gasteiger partial charge in [0.2, 0.25) is 0 Å². The van der Waals surface area contributed by atoms with Crippen LogP contribution in [0.5, 0.6) is 0 Å². The molecule has 94 valence electrons. The highest BCUT2D eigenvalue weighted by atomic mass is 35.5. The Morgan fingerprint density at radius 2 is 2.33 bits per heavy atom. The van der Waals surface area contributed by atoms with Crippen LogP contribution in [0.15, 0.2) is 24.5 Å². The first-order valence-corrected chi connectivity index (χ1v) is 5.49. The number of nitrogens with two attached hydrogens (primary N) is 1. The number of halogens is 1. The summed E-state index contributed by atoms with van der Waals surface area (Å²) in [6.07, 6.45) is 1.44. The predicted molar refractivity (Wildman–Crippen MR) is 66.3 cm³/mol. The number of anilines is 1. The lowest BCUT2D eigenvalue weighted by atomic mass is 10.2. The maximum Gasteiger partial charge on any atom is 0.377 e. The Morgan fingerprint density at radius 1 is 1.56 bits per heavy atom. The molecule has 0 fully saturated rings. The molecule has 0 aliphatic carbocycles. The van der Waals surface area contributed by atoms with Gasteiger partial charge in [0.25, 0.3) is 5.82 Å². The van der Waals surface area contributed by atoms with E-state index in [9.17, 15) is 4.79 Å². The number of esters is 1. The number of aromatic nitrogens is 3. The standard InChI is InChI=1S/C11H11ClN4O2/c1-18-11(17)10-14-6-16(15-10)5-7-4-8(12)2-3-9(7)13/h2-4,6H,5,13H2,1H3. The van der Waals surface area contributed by atoms with Crippen LogP contribution in [0.3, 0.4) is 0 Å². The smallest absolute Gasteiger partial charge is 0.377 e. The quantitative estimate of drug-likeness (QED) is 0.670. The van der Waals surface area contributed by atoms with Crippen LogP contribution in [-0.2, 0) is 11.3 Å². The van der Waals surface area contributed by atoms with Crippen LogP contribution in [0.25, 0.3) is 0 Å². The van der Waals surface area contributed by atoms with Gasteiger partial charge in [0.15, 0.2) is 0 Å². The zero-order valence-electron chi connectivity index (χ0n) is 9.63. The Hall–Kier alpha value is -2.08. The molecule has 2 rings (SSSR count). The summed E-state index contributed by atoms with van der Waals surface area (Å²) in [5.74, 6) is -0.564.